The Labute approximate surface area is 268 Å². The van der Waals surface area contributed by atoms with Crippen molar-refractivity contribution in [1.29, 1.82) is 0 Å². The summed E-state index contributed by atoms with van der Waals surface area (Å²) in [5, 5.41) is 3.86. The van der Waals surface area contributed by atoms with E-state index >= 15 is 0 Å². The third-order valence-corrected chi connectivity index (χ3v) is 12.7. The number of nitrogens with one attached hydrogen (secondary N) is 1. The van der Waals surface area contributed by atoms with Crippen LogP contribution in [0.5, 0.6) is 0 Å². The molecule has 5 aliphatic rings. The molecule has 1 saturated heterocycles. The Hall–Kier alpha value is -3.37. The number of hydrogen-bond acceptors (Lipinski definition) is 8. The minimum absolute atomic E-state index is 0.0107. The molecule has 12 heteroatoms. The molecule has 1 aromatic heterocycles. The first-order chi connectivity index (χ1) is 21.9. The fourth-order valence-electron chi connectivity index (χ4n) is 10.3. The highest BCUT2D eigenvalue weighted by atomic mass is 16.6. The standard InChI is InChI=1S/C34H47N5O7/c1-18-16-39(32(43)36-30(18)41)29-15-27(37-38-35)28(46-29)17-44-31(42)19(2)24-8-9-25-23-7-6-21-14-22(45-20(3)40)10-12-33(21,4)26(23)11-13-34(24,25)5/h6,16,19,22-29H,7-15,17H2,1-5H3,(H,36,41,43)/t19-,22-,23-,24+,25-,26-,27?,28?,29?,33-,34+/m0/s1. The molecule has 12 nitrogen and oxygen atoms in total. The van der Waals surface area contributed by atoms with Gasteiger partial charge in [0.2, 0.25) is 0 Å². The highest BCUT2D eigenvalue weighted by Crippen LogP contribution is 2.67. The molecule has 1 aromatic rings. The van der Waals surface area contributed by atoms with Crippen LogP contribution in [-0.2, 0) is 23.8 Å². The summed E-state index contributed by atoms with van der Waals surface area (Å²) in [6.07, 6.45) is 10.8. The number of carbonyl (C=O) groups is 2. The van der Waals surface area contributed by atoms with Gasteiger partial charge in [0.1, 0.15) is 25.0 Å². The van der Waals surface area contributed by atoms with Crippen LogP contribution in [0.1, 0.15) is 97.3 Å². The van der Waals surface area contributed by atoms with E-state index in [1.54, 1.807) is 6.92 Å². The molecule has 46 heavy (non-hydrogen) atoms. The number of aromatic nitrogens is 2. The zero-order chi connectivity index (χ0) is 33.0. The van der Waals surface area contributed by atoms with Crippen LogP contribution in [0.3, 0.4) is 0 Å². The van der Waals surface area contributed by atoms with Crippen molar-refractivity contribution in [1.82, 2.24) is 9.55 Å². The van der Waals surface area contributed by atoms with E-state index in [0.29, 0.717) is 23.3 Å². The van der Waals surface area contributed by atoms with Gasteiger partial charge in [-0.25, -0.2) is 4.79 Å². The van der Waals surface area contributed by atoms with Crippen molar-refractivity contribution in [3.8, 4) is 0 Å². The lowest BCUT2D eigenvalue weighted by molar-refractivity contribution is -0.157. The van der Waals surface area contributed by atoms with E-state index in [-0.39, 0.29) is 53.7 Å². The summed E-state index contributed by atoms with van der Waals surface area (Å²) < 4.78 is 18.8. The fourth-order valence-corrected chi connectivity index (χ4v) is 10.3. The zero-order valence-electron chi connectivity index (χ0n) is 27.6. The van der Waals surface area contributed by atoms with E-state index < -0.39 is 29.6 Å². The zero-order valence-corrected chi connectivity index (χ0v) is 27.6. The molecule has 3 unspecified atom stereocenters. The van der Waals surface area contributed by atoms with Crippen molar-refractivity contribution < 1.29 is 23.8 Å². The Morgan fingerprint density at radius 2 is 1.98 bits per heavy atom. The Morgan fingerprint density at radius 1 is 1.20 bits per heavy atom. The number of hydrogen-bond donors (Lipinski definition) is 1. The SMILES string of the molecule is CC(=O)O[C@H]1CC[C@@]2(C)C(=CC[C@H]3[C@@H]4CC[C@H]([C@H](C)C(=O)OCC5OC(n6cc(C)c(=O)[nH]c6=O)CC5N=[N+]=[N-])[C@@]4(C)CC[C@@H]32)C1. The van der Waals surface area contributed by atoms with Crippen LogP contribution in [0.25, 0.3) is 10.4 Å². The van der Waals surface area contributed by atoms with Crippen LogP contribution in [0.2, 0.25) is 0 Å². The van der Waals surface area contributed by atoms with Gasteiger partial charge in [0.15, 0.2) is 0 Å². The summed E-state index contributed by atoms with van der Waals surface area (Å²) in [6, 6.07) is -0.629. The van der Waals surface area contributed by atoms with Gasteiger partial charge < -0.3 is 14.2 Å². The van der Waals surface area contributed by atoms with Gasteiger partial charge in [-0.3, -0.25) is 23.9 Å². The molecule has 6 rings (SSSR count). The van der Waals surface area contributed by atoms with Crippen molar-refractivity contribution >= 4 is 11.9 Å². The monoisotopic (exact) mass is 637 g/mol. The Bertz CT molecular complexity index is 1580. The second-order valence-corrected chi connectivity index (χ2v) is 15.0. The van der Waals surface area contributed by atoms with E-state index in [0.717, 1.165) is 51.4 Å². The maximum Gasteiger partial charge on any atom is 0.330 e. The van der Waals surface area contributed by atoms with Crippen molar-refractivity contribution in [3.63, 3.8) is 0 Å². The number of H-pyrrole nitrogens is 1. The lowest BCUT2D eigenvalue weighted by atomic mass is 9.47. The Morgan fingerprint density at radius 3 is 2.72 bits per heavy atom. The van der Waals surface area contributed by atoms with Crippen LogP contribution in [-0.4, -0.2) is 46.3 Å². The smallest absolute Gasteiger partial charge is 0.330 e. The fraction of sp³-hybridized carbons (Fsp3) is 0.765. The summed E-state index contributed by atoms with van der Waals surface area (Å²) in [5.74, 6) is 1.16. The summed E-state index contributed by atoms with van der Waals surface area (Å²) in [7, 11) is 0. The van der Waals surface area contributed by atoms with E-state index in [1.807, 2.05) is 6.92 Å². The quantitative estimate of drug-likeness (QED) is 0.135. The lowest BCUT2D eigenvalue weighted by Crippen LogP contribution is -2.51. The van der Waals surface area contributed by atoms with Gasteiger partial charge in [-0.15, -0.1) is 0 Å². The number of aromatic amines is 1. The van der Waals surface area contributed by atoms with Gasteiger partial charge in [-0.1, -0.05) is 37.5 Å². The van der Waals surface area contributed by atoms with E-state index in [2.05, 4.69) is 34.9 Å². The topological polar surface area (TPSA) is 165 Å². The number of aryl methyl sites for hydroxylation is 1. The predicted octanol–water partition coefficient (Wildman–Crippen LogP) is 5.50. The summed E-state index contributed by atoms with van der Waals surface area (Å²) in [4.78, 5) is 54.6. The number of fused-ring (bicyclic) bond motifs is 5. The number of carbonyl (C=O) groups excluding carboxylic acids is 2. The minimum atomic E-state index is -0.756. The lowest BCUT2D eigenvalue weighted by Gasteiger charge is -2.58. The average molecular weight is 638 g/mol. The van der Waals surface area contributed by atoms with Crippen molar-refractivity contribution in [2.45, 2.75) is 117 Å². The van der Waals surface area contributed by atoms with Crippen LogP contribution in [0.4, 0.5) is 0 Å². The molecule has 0 amide bonds. The number of allylic oxidation sites excluding steroid dienone is 1. The van der Waals surface area contributed by atoms with Crippen molar-refractivity contribution in [3.05, 3.63) is 54.7 Å². The van der Waals surface area contributed by atoms with Gasteiger partial charge in [0.25, 0.3) is 5.56 Å². The highest BCUT2D eigenvalue weighted by molar-refractivity contribution is 5.72. The van der Waals surface area contributed by atoms with Crippen molar-refractivity contribution in [2.75, 3.05) is 6.61 Å². The molecule has 0 radical (unpaired) electrons. The van der Waals surface area contributed by atoms with Gasteiger partial charge in [-0.05, 0) is 91.9 Å². The van der Waals surface area contributed by atoms with Crippen LogP contribution in [0, 0.1) is 47.3 Å². The summed E-state index contributed by atoms with van der Waals surface area (Å²) >= 11 is 0. The van der Waals surface area contributed by atoms with E-state index in [9.17, 15) is 19.2 Å². The average Bonchev–Trinajstić information content (AvgIpc) is 3.57. The molecule has 0 bridgehead atoms. The molecule has 1 aliphatic heterocycles. The minimum Gasteiger partial charge on any atom is -0.463 e. The summed E-state index contributed by atoms with van der Waals surface area (Å²) in [6.45, 7) is 9.81. The molecule has 0 spiro atoms. The molecule has 4 aliphatic carbocycles. The largest absolute Gasteiger partial charge is 0.463 e. The molecule has 4 fully saturated rings. The number of rotatable bonds is 7. The molecule has 11 atom stereocenters. The Balaban J connectivity index is 1.10. The van der Waals surface area contributed by atoms with Gasteiger partial charge in [0.05, 0.1) is 12.0 Å². The highest BCUT2D eigenvalue weighted by Gasteiger charge is 2.60. The first-order valence-corrected chi connectivity index (χ1v) is 16.9. The molecule has 2 heterocycles. The van der Waals surface area contributed by atoms with E-state index in [4.69, 9.17) is 19.7 Å². The van der Waals surface area contributed by atoms with Gasteiger partial charge in [0, 0.05) is 36.4 Å². The number of nitrogens with zero attached hydrogens (tertiary/aromatic N) is 4. The normalized spacial score (nSPS) is 38.8. The number of esters is 2. The van der Waals surface area contributed by atoms with Crippen LogP contribution in [0.15, 0.2) is 32.5 Å². The third kappa shape index (κ3) is 5.61. The summed E-state index contributed by atoms with van der Waals surface area (Å²) in [5.41, 5.74) is 10.1. The molecule has 0 aromatic carbocycles. The van der Waals surface area contributed by atoms with E-state index in [1.165, 1.54) is 23.3 Å². The maximum absolute atomic E-state index is 13.6. The van der Waals surface area contributed by atoms with Crippen LogP contribution < -0.4 is 11.2 Å². The molecule has 250 valence electrons. The molecule has 1 N–H and O–H groups in total. The third-order valence-electron chi connectivity index (χ3n) is 12.7. The second kappa shape index (κ2) is 12.3. The number of azide groups is 1. The first kappa shape index (κ1) is 32.6. The van der Waals surface area contributed by atoms with Crippen molar-refractivity contribution in [2.24, 2.45) is 45.5 Å². The van der Waals surface area contributed by atoms with Gasteiger partial charge in [-0.2, -0.15) is 0 Å². The first-order valence-electron chi connectivity index (χ1n) is 16.9. The second-order valence-electron chi connectivity index (χ2n) is 15.0. The molecular formula is C34H47N5O7. The van der Waals surface area contributed by atoms with Crippen LogP contribution >= 0.6 is 0 Å². The maximum atomic E-state index is 13.6. The number of ether oxygens (including phenoxy) is 3. The molecule has 3 saturated carbocycles. The predicted molar refractivity (Wildman–Crippen MR) is 168 cm³/mol. The molecular weight excluding hydrogens is 590 g/mol. The van der Waals surface area contributed by atoms with Gasteiger partial charge >= 0.3 is 17.6 Å². The Kier molecular flexibility index (Phi) is 8.74.